The quantitative estimate of drug-likeness (QED) is 0.310. The maximum absolute atomic E-state index is 6.07. The van der Waals surface area contributed by atoms with Crippen LogP contribution in [0.25, 0.3) is 55.1 Å². The highest BCUT2D eigenvalue weighted by Crippen LogP contribution is 2.35. The minimum Gasteiger partial charge on any atom is -0.489 e. The number of pyridine rings is 2. The van der Waals surface area contributed by atoms with Crippen molar-refractivity contribution in [2.24, 2.45) is 0 Å². The lowest BCUT2D eigenvalue weighted by Crippen LogP contribution is -1.94. The Bertz CT molecular complexity index is 1740. The molecule has 7 rings (SSSR count). The predicted octanol–water partition coefficient (Wildman–Crippen LogP) is 6.39. The lowest BCUT2D eigenvalue weighted by atomic mass is 10.1. The molecule has 0 atom stereocenters. The van der Waals surface area contributed by atoms with Crippen molar-refractivity contribution in [3.8, 4) is 17.1 Å². The summed E-state index contributed by atoms with van der Waals surface area (Å²) in [4.78, 5) is 21.2. The third-order valence-corrected chi connectivity index (χ3v) is 6.22. The van der Waals surface area contributed by atoms with Gasteiger partial charge in [-0.1, -0.05) is 30.3 Å². The Morgan fingerprint density at radius 1 is 0.735 bits per heavy atom. The van der Waals surface area contributed by atoms with E-state index >= 15 is 0 Å². The molecule has 0 aliphatic heterocycles. The highest BCUT2D eigenvalue weighted by Gasteiger charge is 2.17. The third kappa shape index (κ3) is 2.93. The molecular weight excluding hydrogens is 422 g/mol. The molecule has 0 unspecified atom stereocenters. The smallest absolute Gasteiger partial charge is 0.140 e. The standard InChI is InChI=1S/C28H19N5O/c1-2-6-17(7-3-1)16-34-18-10-11-23-21(14-18)22(15-31-23)28-32-26-19-8-4-12-29-24(19)25-20(27(26)33-28)9-5-13-30-25/h1-15,31H,16H2,(H,32,33). The van der Waals surface area contributed by atoms with Gasteiger partial charge >= 0.3 is 0 Å². The number of nitrogens with one attached hydrogen (secondary N) is 2. The molecular formula is C28H19N5O. The summed E-state index contributed by atoms with van der Waals surface area (Å²) in [6.45, 7) is 0.523. The van der Waals surface area contributed by atoms with Crippen LogP contribution in [0.15, 0.2) is 91.4 Å². The summed E-state index contributed by atoms with van der Waals surface area (Å²) in [7, 11) is 0. The van der Waals surface area contributed by atoms with Gasteiger partial charge in [-0.15, -0.1) is 0 Å². The van der Waals surface area contributed by atoms with Crippen LogP contribution in [0.3, 0.4) is 0 Å². The molecule has 0 fully saturated rings. The topological polar surface area (TPSA) is 79.5 Å². The first-order valence-corrected chi connectivity index (χ1v) is 11.1. The van der Waals surface area contributed by atoms with E-state index in [1.54, 1.807) is 12.4 Å². The average Bonchev–Trinajstić information content (AvgIpc) is 3.53. The molecule has 6 nitrogen and oxygen atoms in total. The summed E-state index contributed by atoms with van der Waals surface area (Å²) in [5.41, 5.74) is 6.74. The highest BCUT2D eigenvalue weighted by atomic mass is 16.5. The Kier molecular flexibility index (Phi) is 4.11. The number of nitrogens with zero attached hydrogens (tertiary/aromatic N) is 3. The summed E-state index contributed by atoms with van der Waals surface area (Å²) in [5.74, 6) is 1.61. The molecule has 4 heterocycles. The molecule has 0 aliphatic carbocycles. The number of fused-ring (bicyclic) bond motifs is 7. The molecule has 162 valence electrons. The van der Waals surface area contributed by atoms with E-state index in [4.69, 9.17) is 9.72 Å². The second-order valence-corrected chi connectivity index (χ2v) is 8.29. The zero-order valence-corrected chi connectivity index (χ0v) is 18.1. The average molecular weight is 441 g/mol. The van der Waals surface area contributed by atoms with Crippen molar-refractivity contribution in [1.29, 1.82) is 0 Å². The second-order valence-electron chi connectivity index (χ2n) is 8.29. The summed E-state index contributed by atoms with van der Waals surface area (Å²) < 4.78 is 6.07. The minimum absolute atomic E-state index is 0.523. The van der Waals surface area contributed by atoms with Crippen LogP contribution in [0.5, 0.6) is 5.75 Å². The van der Waals surface area contributed by atoms with Crippen LogP contribution < -0.4 is 4.74 Å². The van der Waals surface area contributed by atoms with Crippen molar-refractivity contribution in [3.05, 3.63) is 97.0 Å². The predicted molar refractivity (Wildman–Crippen MR) is 135 cm³/mol. The summed E-state index contributed by atoms with van der Waals surface area (Å²) >= 11 is 0. The molecule has 0 bridgehead atoms. The Labute approximate surface area is 194 Å². The minimum atomic E-state index is 0.523. The Morgan fingerprint density at radius 2 is 1.53 bits per heavy atom. The fourth-order valence-electron chi connectivity index (χ4n) is 4.60. The number of rotatable bonds is 4. The Morgan fingerprint density at radius 3 is 2.38 bits per heavy atom. The molecule has 6 heteroatoms. The summed E-state index contributed by atoms with van der Waals surface area (Å²) in [6.07, 6.45) is 5.59. The van der Waals surface area contributed by atoms with E-state index in [0.717, 1.165) is 66.4 Å². The van der Waals surface area contributed by atoms with Crippen molar-refractivity contribution in [3.63, 3.8) is 0 Å². The first kappa shape index (κ1) is 18.8. The number of ether oxygens (including phenoxy) is 1. The molecule has 0 radical (unpaired) electrons. The van der Waals surface area contributed by atoms with Crippen LogP contribution in [0.1, 0.15) is 5.56 Å². The van der Waals surface area contributed by atoms with Crippen molar-refractivity contribution >= 4 is 43.7 Å². The van der Waals surface area contributed by atoms with E-state index < -0.39 is 0 Å². The SMILES string of the molecule is c1ccc(COc2ccc3[nH]cc(-c4nc5c6cccnc6c6ncccc6c5[nH]4)c3c2)cc1. The Hall–Kier alpha value is -4.71. The molecule has 0 saturated heterocycles. The lowest BCUT2D eigenvalue weighted by Gasteiger charge is -2.06. The lowest BCUT2D eigenvalue weighted by molar-refractivity contribution is 0.306. The van der Waals surface area contributed by atoms with E-state index in [-0.39, 0.29) is 0 Å². The number of hydrogen-bond donors (Lipinski definition) is 2. The molecule has 4 aromatic heterocycles. The van der Waals surface area contributed by atoms with Gasteiger partial charge in [-0.25, -0.2) is 4.98 Å². The molecule has 0 spiro atoms. The number of benzene rings is 3. The molecule has 3 aromatic carbocycles. The largest absolute Gasteiger partial charge is 0.489 e. The van der Waals surface area contributed by atoms with E-state index in [2.05, 4.69) is 44.2 Å². The molecule has 0 aliphatic rings. The van der Waals surface area contributed by atoms with E-state index in [1.807, 2.05) is 54.7 Å². The summed E-state index contributed by atoms with van der Waals surface area (Å²) in [5, 5.41) is 3.04. The molecule has 34 heavy (non-hydrogen) atoms. The second kappa shape index (κ2) is 7.42. The summed E-state index contributed by atoms with van der Waals surface area (Å²) in [6, 6.07) is 24.3. The van der Waals surface area contributed by atoms with Gasteiger partial charge in [0.05, 0.1) is 22.1 Å². The normalized spacial score (nSPS) is 11.6. The maximum atomic E-state index is 6.07. The van der Waals surface area contributed by atoms with Gasteiger partial charge in [0.2, 0.25) is 0 Å². The van der Waals surface area contributed by atoms with Gasteiger partial charge in [-0.3, -0.25) is 9.97 Å². The number of aromatic nitrogens is 5. The zero-order chi connectivity index (χ0) is 22.5. The van der Waals surface area contributed by atoms with Gasteiger partial charge < -0.3 is 14.7 Å². The van der Waals surface area contributed by atoms with Crippen LogP contribution in [0, 0.1) is 0 Å². The van der Waals surface area contributed by atoms with Gasteiger partial charge in [-0.05, 0) is 48.0 Å². The van der Waals surface area contributed by atoms with Crippen molar-refractivity contribution in [2.45, 2.75) is 6.61 Å². The number of hydrogen-bond acceptors (Lipinski definition) is 4. The van der Waals surface area contributed by atoms with Gasteiger partial charge in [0.25, 0.3) is 0 Å². The first-order chi connectivity index (χ1) is 16.8. The number of aromatic amines is 2. The van der Waals surface area contributed by atoms with Gasteiger partial charge in [0.1, 0.15) is 18.2 Å². The van der Waals surface area contributed by atoms with Crippen LogP contribution >= 0.6 is 0 Å². The van der Waals surface area contributed by atoms with Gasteiger partial charge in [0, 0.05) is 45.8 Å². The van der Waals surface area contributed by atoms with Gasteiger partial charge in [0.15, 0.2) is 0 Å². The van der Waals surface area contributed by atoms with E-state index in [0.29, 0.717) is 6.61 Å². The maximum Gasteiger partial charge on any atom is 0.140 e. The number of imidazole rings is 1. The van der Waals surface area contributed by atoms with Crippen LogP contribution in [-0.4, -0.2) is 24.9 Å². The van der Waals surface area contributed by atoms with Crippen molar-refractivity contribution in [1.82, 2.24) is 24.9 Å². The highest BCUT2D eigenvalue weighted by molar-refractivity contribution is 6.21. The van der Waals surface area contributed by atoms with Crippen molar-refractivity contribution < 1.29 is 4.74 Å². The molecule has 7 aromatic rings. The third-order valence-electron chi connectivity index (χ3n) is 6.22. The monoisotopic (exact) mass is 441 g/mol. The molecule has 0 amide bonds. The number of H-pyrrole nitrogens is 2. The Balaban J connectivity index is 1.37. The van der Waals surface area contributed by atoms with E-state index in [1.165, 1.54) is 0 Å². The fourth-order valence-corrected chi connectivity index (χ4v) is 4.60. The van der Waals surface area contributed by atoms with Crippen molar-refractivity contribution in [2.75, 3.05) is 0 Å². The van der Waals surface area contributed by atoms with E-state index in [9.17, 15) is 0 Å². The fraction of sp³-hybridized carbons (Fsp3) is 0.0357. The van der Waals surface area contributed by atoms with Crippen LogP contribution in [-0.2, 0) is 6.61 Å². The molecule has 2 N–H and O–H groups in total. The zero-order valence-electron chi connectivity index (χ0n) is 18.1. The van der Waals surface area contributed by atoms with Crippen LogP contribution in [0.4, 0.5) is 0 Å². The molecule has 0 saturated carbocycles. The van der Waals surface area contributed by atoms with Gasteiger partial charge in [-0.2, -0.15) is 0 Å². The van der Waals surface area contributed by atoms with Crippen LogP contribution in [0.2, 0.25) is 0 Å². The first-order valence-electron chi connectivity index (χ1n) is 11.1.